The maximum atomic E-state index is 6.34. The Hall–Kier alpha value is -1.96. The van der Waals surface area contributed by atoms with E-state index in [1.165, 1.54) is 0 Å². The first kappa shape index (κ1) is 14.0. The molecule has 0 N–H and O–H groups in total. The fourth-order valence-electron chi connectivity index (χ4n) is 1.99. The average molecular weight is 314 g/mol. The van der Waals surface area contributed by atoms with Crippen LogP contribution in [0, 0.1) is 6.07 Å². The highest BCUT2D eigenvalue weighted by Gasteiger charge is 2.05. The molecule has 1 radical (unpaired) electrons. The molecule has 1 nitrogen and oxygen atoms in total. The van der Waals surface area contributed by atoms with Gasteiger partial charge in [0.15, 0.2) is 0 Å². The highest BCUT2D eigenvalue weighted by atomic mass is 35.5. The topological polar surface area (TPSA) is 9.23 Å². The van der Waals surface area contributed by atoms with Crippen LogP contribution >= 0.6 is 23.2 Å². The van der Waals surface area contributed by atoms with Crippen LogP contribution in [0.25, 0.3) is 11.1 Å². The molecule has 0 saturated carbocycles. The van der Waals surface area contributed by atoms with Crippen molar-refractivity contribution < 1.29 is 4.74 Å². The molecule has 103 valence electrons. The Morgan fingerprint density at radius 3 is 2.29 bits per heavy atom. The van der Waals surface area contributed by atoms with Crippen LogP contribution in [0.3, 0.4) is 0 Å². The largest absolute Gasteiger partial charge is 0.457 e. The Labute approximate surface area is 133 Å². The Kier molecular flexibility index (Phi) is 4.14. The van der Waals surface area contributed by atoms with Gasteiger partial charge >= 0.3 is 0 Å². The highest BCUT2D eigenvalue weighted by molar-refractivity contribution is 6.33. The highest BCUT2D eigenvalue weighted by Crippen LogP contribution is 2.32. The van der Waals surface area contributed by atoms with Gasteiger partial charge in [-0.2, -0.15) is 0 Å². The monoisotopic (exact) mass is 313 g/mol. The molecule has 0 aliphatic rings. The lowest BCUT2D eigenvalue weighted by Gasteiger charge is -2.09. The molecule has 0 aromatic heterocycles. The number of ether oxygens (including phenoxy) is 1. The predicted octanol–water partition coefficient (Wildman–Crippen LogP) is 6.25. The Balaban J connectivity index is 1.86. The molecule has 0 amide bonds. The van der Waals surface area contributed by atoms with E-state index in [4.69, 9.17) is 27.9 Å². The maximum Gasteiger partial charge on any atom is 0.128 e. The fourth-order valence-corrected chi connectivity index (χ4v) is 2.40. The molecule has 0 bridgehead atoms. The molecule has 0 aliphatic heterocycles. The summed E-state index contributed by atoms with van der Waals surface area (Å²) >= 11 is 12.2. The zero-order valence-corrected chi connectivity index (χ0v) is 12.5. The number of halogens is 2. The fraction of sp³-hybridized carbons (Fsp3) is 0. The molecule has 0 aliphatic carbocycles. The summed E-state index contributed by atoms with van der Waals surface area (Å²) in [6.07, 6.45) is 0. The SMILES string of the molecule is Clc1ccc(Oc2ccc(-c3c[c]ccc3)c(Cl)c2)cc1. The second-order valence-electron chi connectivity index (χ2n) is 4.49. The Morgan fingerprint density at radius 2 is 1.62 bits per heavy atom. The van der Waals surface area contributed by atoms with E-state index in [0.29, 0.717) is 15.8 Å². The van der Waals surface area contributed by atoms with Crippen molar-refractivity contribution >= 4 is 23.2 Å². The third kappa shape index (κ3) is 3.38. The van der Waals surface area contributed by atoms with Crippen molar-refractivity contribution in [2.75, 3.05) is 0 Å². The lowest BCUT2D eigenvalue weighted by Crippen LogP contribution is -1.85. The van der Waals surface area contributed by atoms with Crippen molar-refractivity contribution in [2.45, 2.75) is 0 Å². The van der Waals surface area contributed by atoms with E-state index in [-0.39, 0.29) is 0 Å². The third-order valence-corrected chi connectivity index (χ3v) is 3.57. The number of rotatable bonds is 3. The summed E-state index contributed by atoms with van der Waals surface area (Å²) in [5.74, 6) is 1.40. The summed E-state index contributed by atoms with van der Waals surface area (Å²) in [6, 6.07) is 23.6. The number of hydrogen-bond donors (Lipinski definition) is 0. The van der Waals surface area contributed by atoms with Gasteiger partial charge in [0, 0.05) is 16.7 Å². The summed E-state index contributed by atoms with van der Waals surface area (Å²) in [5.41, 5.74) is 1.98. The summed E-state index contributed by atoms with van der Waals surface area (Å²) in [4.78, 5) is 0. The van der Waals surface area contributed by atoms with Gasteiger partial charge in [-0.3, -0.25) is 0 Å². The van der Waals surface area contributed by atoms with Crippen LogP contribution in [0.2, 0.25) is 10.0 Å². The van der Waals surface area contributed by atoms with E-state index < -0.39 is 0 Å². The van der Waals surface area contributed by atoms with Crippen LogP contribution in [-0.2, 0) is 0 Å². The zero-order chi connectivity index (χ0) is 14.7. The van der Waals surface area contributed by atoms with Crippen LogP contribution in [0.5, 0.6) is 11.5 Å². The zero-order valence-electron chi connectivity index (χ0n) is 11.0. The molecule has 3 rings (SSSR count). The van der Waals surface area contributed by atoms with Crippen molar-refractivity contribution in [3.63, 3.8) is 0 Å². The van der Waals surface area contributed by atoms with Crippen molar-refractivity contribution in [1.29, 1.82) is 0 Å². The Morgan fingerprint density at radius 1 is 0.857 bits per heavy atom. The molecule has 3 aromatic rings. The van der Waals surface area contributed by atoms with E-state index in [9.17, 15) is 0 Å². The molecule has 21 heavy (non-hydrogen) atoms. The van der Waals surface area contributed by atoms with Gasteiger partial charge in [0.2, 0.25) is 0 Å². The minimum atomic E-state index is 0.640. The smallest absolute Gasteiger partial charge is 0.128 e. The first-order chi connectivity index (χ1) is 10.2. The minimum absolute atomic E-state index is 0.640. The molecule has 0 atom stereocenters. The van der Waals surface area contributed by atoms with Gasteiger partial charge in [-0.25, -0.2) is 0 Å². The van der Waals surface area contributed by atoms with E-state index in [2.05, 4.69) is 6.07 Å². The third-order valence-electron chi connectivity index (χ3n) is 3.01. The van der Waals surface area contributed by atoms with Gasteiger partial charge in [0.05, 0.1) is 5.02 Å². The summed E-state index contributed by atoms with van der Waals surface area (Å²) in [5, 5.41) is 1.32. The minimum Gasteiger partial charge on any atom is -0.457 e. The second kappa shape index (κ2) is 6.21. The van der Waals surface area contributed by atoms with Crippen molar-refractivity contribution in [3.8, 4) is 22.6 Å². The number of hydrogen-bond acceptors (Lipinski definition) is 1. The van der Waals surface area contributed by atoms with Crippen LogP contribution in [0.1, 0.15) is 0 Å². The Bertz CT molecular complexity index is 737. The maximum absolute atomic E-state index is 6.34. The van der Waals surface area contributed by atoms with E-state index >= 15 is 0 Å². The molecular formula is C18H11Cl2O. The van der Waals surface area contributed by atoms with Crippen LogP contribution < -0.4 is 4.74 Å². The van der Waals surface area contributed by atoms with Gasteiger partial charge in [-0.05, 0) is 54.1 Å². The molecule has 0 heterocycles. The van der Waals surface area contributed by atoms with Gasteiger partial charge < -0.3 is 4.74 Å². The normalized spacial score (nSPS) is 10.4. The second-order valence-corrected chi connectivity index (χ2v) is 5.33. The van der Waals surface area contributed by atoms with E-state index in [0.717, 1.165) is 16.9 Å². The average Bonchev–Trinajstić information content (AvgIpc) is 2.51. The lowest BCUT2D eigenvalue weighted by molar-refractivity contribution is 0.483. The van der Waals surface area contributed by atoms with Crippen molar-refractivity contribution in [1.82, 2.24) is 0 Å². The van der Waals surface area contributed by atoms with Crippen molar-refractivity contribution in [2.24, 2.45) is 0 Å². The van der Waals surface area contributed by atoms with E-state index in [1.54, 1.807) is 18.2 Å². The molecule has 0 fully saturated rings. The summed E-state index contributed by atoms with van der Waals surface area (Å²) < 4.78 is 5.75. The quantitative estimate of drug-likeness (QED) is 0.555. The van der Waals surface area contributed by atoms with Gasteiger partial charge in [-0.1, -0.05) is 41.4 Å². The summed E-state index contributed by atoms with van der Waals surface area (Å²) in [7, 11) is 0. The van der Waals surface area contributed by atoms with Crippen LogP contribution in [-0.4, -0.2) is 0 Å². The van der Waals surface area contributed by atoms with Gasteiger partial charge in [0.1, 0.15) is 11.5 Å². The molecule has 3 heteroatoms. The number of benzene rings is 3. The molecule has 0 spiro atoms. The standard InChI is InChI=1S/C18H11Cl2O/c19-14-6-8-15(9-7-14)21-16-10-11-17(18(20)12-16)13-4-2-1-3-5-13/h1-2,4-12H. The molecule has 0 unspecified atom stereocenters. The molecule has 3 aromatic carbocycles. The first-order valence-electron chi connectivity index (χ1n) is 6.42. The van der Waals surface area contributed by atoms with Gasteiger partial charge in [-0.15, -0.1) is 0 Å². The predicted molar refractivity (Wildman–Crippen MR) is 87.3 cm³/mol. The summed E-state index contributed by atoms with van der Waals surface area (Å²) in [6.45, 7) is 0. The van der Waals surface area contributed by atoms with Gasteiger partial charge in [0.25, 0.3) is 0 Å². The van der Waals surface area contributed by atoms with Crippen LogP contribution in [0.4, 0.5) is 0 Å². The molecular weight excluding hydrogens is 303 g/mol. The first-order valence-corrected chi connectivity index (χ1v) is 7.17. The molecule has 0 saturated heterocycles. The van der Waals surface area contributed by atoms with Crippen LogP contribution in [0.15, 0.2) is 66.7 Å². The van der Waals surface area contributed by atoms with Crippen molar-refractivity contribution in [3.05, 3.63) is 82.8 Å². The van der Waals surface area contributed by atoms with E-state index in [1.807, 2.05) is 48.5 Å². The lowest BCUT2D eigenvalue weighted by atomic mass is 10.1.